The van der Waals surface area contributed by atoms with Crippen LogP contribution in [0.15, 0.2) is 30.3 Å². The molecule has 2 aliphatic heterocycles. The highest BCUT2D eigenvalue weighted by Gasteiger charge is 2.57. The van der Waals surface area contributed by atoms with E-state index in [4.69, 9.17) is 4.74 Å². The second-order valence-corrected chi connectivity index (χ2v) is 9.24. The van der Waals surface area contributed by atoms with E-state index in [-0.39, 0.29) is 11.8 Å². The molecular formula is C18H24N2O6S. The Bertz CT molecular complexity index is 790. The molecule has 0 aliphatic carbocycles. The summed E-state index contributed by atoms with van der Waals surface area (Å²) in [4.78, 5) is 26.5. The third-order valence-electron chi connectivity index (χ3n) is 5.38. The summed E-state index contributed by atoms with van der Waals surface area (Å²) in [5.41, 5.74) is -0.303. The Kier molecular flexibility index (Phi) is 5.43. The fraction of sp³-hybridized carbons (Fsp3) is 0.556. The molecule has 1 aromatic rings. The normalized spacial score (nSPS) is 22.5. The average Bonchev–Trinajstić information content (AvgIpc) is 2.64. The van der Waals surface area contributed by atoms with Crippen molar-refractivity contribution in [3.63, 3.8) is 0 Å². The number of hydrogen-bond donors (Lipinski definition) is 2. The number of hydrogen-bond acceptors (Lipinski definition) is 6. The van der Waals surface area contributed by atoms with Crippen LogP contribution in [-0.2, 0) is 24.2 Å². The number of benzene rings is 1. The number of piperidine rings is 1. The molecule has 148 valence electrons. The lowest BCUT2D eigenvalue weighted by Gasteiger charge is -2.44. The molecule has 0 aromatic heterocycles. The molecule has 0 spiro atoms. The fourth-order valence-corrected chi connectivity index (χ4v) is 5.80. The Balaban J connectivity index is 1.61. The van der Waals surface area contributed by atoms with Crippen molar-refractivity contribution in [3.05, 3.63) is 30.3 Å². The van der Waals surface area contributed by atoms with E-state index in [1.807, 2.05) is 30.3 Å². The smallest absolute Gasteiger partial charge is 0.329 e. The van der Waals surface area contributed by atoms with E-state index in [1.165, 1.54) is 7.11 Å². The number of ether oxygens (including phenoxy) is 1. The van der Waals surface area contributed by atoms with Gasteiger partial charge in [-0.05, 0) is 25.0 Å². The molecule has 27 heavy (non-hydrogen) atoms. The van der Waals surface area contributed by atoms with Gasteiger partial charge < -0.3 is 20.1 Å². The molecule has 0 bridgehead atoms. The second kappa shape index (κ2) is 7.47. The number of nitrogens with one attached hydrogen (secondary N) is 1. The maximum Gasteiger partial charge on any atom is 0.329 e. The van der Waals surface area contributed by atoms with Crippen LogP contribution in [0.1, 0.15) is 12.8 Å². The summed E-state index contributed by atoms with van der Waals surface area (Å²) in [6.45, 7) is 1.40. The number of methoxy groups -OCH3 is 1. The maximum atomic E-state index is 12.6. The van der Waals surface area contributed by atoms with Crippen LogP contribution in [0.3, 0.4) is 0 Å². The topological polar surface area (TPSA) is 113 Å². The predicted octanol–water partition coefficient (Wildman–Crippen LogP) is 0.286. The fourth-order valence-electron chi connectivity index (χ4n) is 3.82. The molecule has 0 radical (unpaired) electrons. The Labute approximate surface area is 158 Å². The molecule has 2 fully saturated rings. The highest BCUT2D eigenvalue weighted by molar-refractivity contribution is 7.93. The first-order chi connectivity index (χ1) is 12.8. The van der Waals surface area contributed by atoms with E-state index in [1.54, 1.807) is 0 Å². The van der Waals surface area contributed by atoms with Crippen molar-refractivity contribution in [2.45, 2.75) is 24.5 Å². The van der Waals surface area contributed by atoms with Crippen LogP contribution >= 0.6 is 0 Å². The molecule has 3 rings (SSSR count). The lowest BCUT2D eigenvalue weighted by molar-refractivity contribution is -0.151. The van der Waals surface area contributed by atoms with E-state index in [0.29, 0.717) is 25.9 Å². The average molecular weight is 396 g/mol. The molecule has 2 saturated heterocycles. The van der Waals surface area contributed by atoms with Gasteiger partial charge in [-0.25, -0.2) is 13.2 Å². The molecule has 8 nitrogen and oxygen atoms in total. The number of para-hydroxylation sites is 1. The van der Waals surface area contributed by atoms with Gasteiger partial charge in [0.25, 0.3) is 0 Å². The number of amides is 1. The molecular weight excluding hydrogens is 372 g/mol. The summed E-state index contributed by atoms with van der Waals surface area (Å²) in [6, 6.07) is 8.51. The Morgan fingerprint density at radius 1 is 1.22 bits per heavy atom. The summed E-state index contributed by atoms with van der Waals surface area (Å²) in [5.74, 6) is -2.77. The minimum atomic E-state index is -3.32. The minimum Gasteiger partial charge on any atom is -0.480 e. The van der Waals surface area contributed by atoms with Gasteiger partial charge in [-0.3, -0.25) is 4.79 Å². The molecule has 0 saturated carbocycles. The third kappa shape index (κ3) is 4.08. The number of carboxylic acids is 1. The van der Waals surface area contributed by atoms with Gasteiger partial charge in [0.15, 0.2) is 15.9 Å². The van der Waals surface area contributed by atoms with Gasteiger partial charge in [-0.2, -0.15) is 0 Å². The van der Waals surface area contributed by atoms with Gasteiger partial charge in [-0.15, -0.1) is 0 Å². The molecule has 1 atom stereocenters. The molecule has 2 heterocycles. The van der Waals surface area contributed by atoms with Gasteiger partial charge in [0, 0.05) is 31.8 Å². The number of sulfone groups is 1. The molecule has 9 heteroatoms. The number of carbonyl (C=O) groups is 2. The largest absolute Gasteiger partial charge is 0.480 e. The second-order valence-electron chi connectivity index (χ2n) is 7.18. The van der Waals surface area contributed by atoms with E-state index < -0.39 is 39.0 Å². The quantitative estimate of drug-likeness (QED) is 0.710. The summed E-state index contributed by atoms with van der Waals surface area (Å²) >= 11 is 0. The van der Waals surface area contributed by atoms with E-state index >= 15 is 0 Å². The van der Waals surface area contributed by atoms with Crippen LogP contribution in [0.2, 0.25) is 0 Å². The van der Waals surface area contributed by atoms with Crippen molar-refractivity contribution in [2.24, 2.45) is 5.92 Å². The molecule has 1 amide bonds. The zero-order valence-corrected chi connectivity index (χ0v) is 15.9. The number of rotatable bonds is 6. The lowest BCUT2D eigenvalue weighted by atomic mass is 9.92. The summed E-state index contributed by atoms with van der Waals surface area (Å²) in [7, 11) is -2.05. The van der Waals surface area contributed by atoms with Crippen molar-refractivity contribution in [1.29, 1.82) is 0 Å². The van der Waals surface area contributed by atoms with Gasteiger partial charge in [-0.1, -0.05) is 18.2 Å². The van der Waals surface area contributed by atoms with Gasteiger partial charge in [0.2, 0.25) is 5.91 Å². The highest BCUT2D eigenvalue weighted by atomic mass is 32.2. The van der Waals surface area contributed by atoms with E-state index in [9.17, 15) is 23.1 Å². The summed E-state index contributed by atoms with van der Waals surface area (Å²) in [6.07, 6.45) is 1.21. The van der Waals surface area contributed by atoms with Crippen molar-refractivity contribution in [3.8, 4) is 0 Å². The standard InChI is InChI=1S/C18H24N2O6S/c1-26-18(11-27(24,25)12-18)15(17(22)23)19-16(21)13-7-9-20(10-8-13)14-5-3-2-4-6-14/h2-6,13,15H,7-12H2,1H3,(H,19,21)(H,22,23). The van der Waals surface area contributed by atoms with Crippen molar-refractivity contribution in [1.82, 2.24) is 5.32 Å². The molecule has 1 unspecified atom stereocenters. The number of anilines is 1. The minimum absolute atomic E-state index is 0.308. The maximum absolute atomic E-state index is 12.6. The van der Waals surface area contributed by atoms with Crippen molar-refractivity contribution >= 4 is 27.4 Å². The number of aliphatic carboxylic acids is 1. The highest BCUT2D eigenvalue weighted by Crippen LogP contribution is 2.32. The first kappa shape index (κ1) is 19.6. The molecule has 1 aromatic carbocycles. The molecule has 2 aliphatic rings. The first-order valence-corrected chi connectivity index (χ1v) is 10.7. The first-order valence-electron chi connectivity index (χ1n) is 8.85. The van der Waals surface area contributed by atoms with Crippen LogP contribution < -0.4 is 10.2 Å². The van der Waals surface area contributed by atoms with Gasteiger partial charge in [0.1, 0.15) is 5.60 Å². The third-order valence-corrected chi connectivity index (χ3v) is 7.24. The zero-order chi connectivity index (χ0) is 19.7. The number of carboxylic acid groups (broad SMARTS) is 1. The monoisotopic (exact) mass is 396 g/mol. The van der Waals surface area contributed by atoms with Crippen LogP contribution in [-0.4, -0.2) is 68.7 Å². The van der Waals surface area contributed by atoms with Gasteiger partial charge >= 0.3 is 5.97 Å². The van der Waals surface area contributed by atoms with Crippen LogP contribution in [0.5, 0.6) is 0 Å². The van der Waals surface area contributed by atoms with Crippen LogP contribution in [0.25, 0.3) is 0 Å². The number of carbonyl (C=O) groups excluding carboxylic acids is 1. The number of nitrogens with zero attached hydrogens (tertiary/aromatic N) is 1. The summed E-state index contributed by atoms with van der Waals surface area (Å²) < 4.78 is 28.3. The van der Waals surface area contributed by atoms with Gasteiger partial charge in [0.05, 0.1) is 11.5 Å². The molecule has 2 N–H and O–H groups in total. The van der Waals surface area contributed by atoms with Crippen molar-refractivity contribution < 1.29 is 27.9 Å². The summed E-state index contributed by atoms with van der Waals surface area (Å²) in [5, 5.41) is 12.0. The zero-order valence-electron chi connectivity index (χ0n) is 15.1. The predicted molar refractivity (Wildman–Crippen MR) is 99.3 cm³/mol. The van der Waals surface area contributed by atoms with E-state index in [0.717, 1.165) is 5.69 Å². The Morgan fingerprint density at radius 2 is 1.81 bits per heavy atom. The van der Waals surface area contributed by atoms with Crippen molar-refractivity contribution in [2.75, 3.05) is 36.6 Å². The Morgan fingerprint density at radius 3 is 2.30 bits per heavy atom. The van der Waals surface area contributed by atoms with Crippen LogP contribution in [0, 0.1) is 5.92 Å². The Hall–Kier alpha value is -2.13. The SMILES string of the molecule is COC1(C(NC(=O)C2CCN(c3ccccc3)CC2)C(=O)O)CS(=O)(=O)C1. The van der Waals surface area contributed by atoms with E-state index in [2.05, 4.69) is 10.2 Å². The lowest BCUT2D eigenvalue weighted by Crippen LogP contribution is -2.70. The van der Waals surface area contributed by atoms with Crippen LogP contribution in [0.4, 0.5) is 5.69 Å².